The standard InChI is InChI=1S/C14H19N3O/c1-12(9-17-6-5-15-11-17)16-8-13-3-2-4-14(7-13)10-18/h2-7,11-12,16,18H,8-10H2,1H3/t12-/m1/s1. The minimum absolute atomic E-state index is 0.0957. The molecule has 0 saturated carbocycles. The van der Waals surface area contributed by atoms with Crippen molar-refractivity contribution in [3.8, 4) is 0 Å². The van der Waals surface area contributed by atoms with Crippen LogP contribution in [-0.2, 0) is 19.7 Å². The zero-order valence-corrected chi connectivity index (χ0v) is 10.6. The van der Waals surface area contributed by atoms with Gasteiger partial charge in [-0.05, 0) is 18.1 Å². The second-order valence-electron chi connectivity index (χ2n) is 4.52. The highest BCUT2D eigenvalue weighted by Gasteiger charge is 2.02. The Labute approximate surface area is 107 Å². The number of aliphatic hydroxyl groups excluding tert-OH is 1. The monoisotopic (exact) mass is 245 g/mol. The van der Waals surface area contributed by atoms with E-state index in [1.165, 1.54) is 5.56 Å². The van der Waals surface area contributed by atoms with Gasteiger partial charge in [0.05, 0.1) is 12.9 Å². The summed E-state index contributed by atoms with van der Waals surface area (Å²) in [4.78, 5) is 4.02. The molecule has 0 amide bonds. The van der Waals surface area contributed by atoms with Gasteiger partial charge in [0, 0.05) is 31.5 Å². The molecule has 0 aliphatic carbocycles. The number of rotatable bonds is 6. The minimum atomic E-state index is 0.0957. The van der Waals surface area contributed by atoms with E-state index in [0.717, 1.165) is 18.7 Å². The maximum absolute atomic E-state index is 9.08. The molecule has 0 unspecified atom stereocenters. The van der Waals surface area contributed by atoms with Gasteiger partial charge in [-0.3, -0.25) is 0 Å². The molecule has 0 fully saturated rings. The molecule has 0 spiro atoms. The zero-order chi connectivity index (χ0) is 12.8. The third kappa shape index (κ3) is 3.68. The van der Waals surface area contributed by atoms with Crippen LogP contribution in [0.25, 0.3) is 0 Å². The Morgan fingerprint density at radius 1 is 1.39 bits per heavy atom. The van der Waals surface area contributed by atoms with Crippen molar-refractivity contribution in [2.45, 2.75) is 32.7 Å². The number of hydrogen-bond acceptors (Lipinski definition) is 3. The molecule has 0 radical (unpaired) electrons. The predicted octanol–water partition coefficient (Wildman–Crippen LogP) is 1.55. The summed E-state index contributed by atoms with van der Waals surface area (Å²) in [6.45, 7) is 3.96. The molecule has 18 heavy (non-hydrogen) atoms. The molecule has 1 aromatic carbocycles. The van der Waals surface area contributed by atoms with Crippen molar-refractivity contribution in [1.82, 2.24) is 14.9 Å². The highest BCUT2D eigenvalue weighted by atomic mass is 16.3. The van der Waals surface area contributed by atoms with Gasteiger partial charge in [0.15, 0.2) is 0 Å². The molecule has 0 aliphatic rings. The Morgan fingerprint density at radius 3 is 2.94 bits per heavy atom. The van der Waals surface area contributed by atoms with Crippen LogP contribution in [0, 0.1) is 0 Å². The molecule has 4 nitrogen and oxygen atoms in total. The van der Waals surface area contributed by atoms with Crippen LogP contribution in [0.4, 0.5) is 0 Å². The lowest BCUT2D eigenvalue weighted by Gasteiger charge is -2.14. The number of nitrogens with one attached hydrogen (secondary N) is 1. The number of aliphatic hydroxyl groups is 1. The summed E-state index contributed by atoms with van der Waals surface area (Å²) in [5.74, 6) is 0. The van der Waals surface area contributed by atoms with Gasteiger partial charge >= 0.3 is 0 Å². The average molecular weight is 245 g/mol. The molecule has 0 bridgehead atoms. The topological polar surface area (TPSA) is 50.1 Å². The molecule has 1 aromatic heterocycles. The van der Waals surface area contributed by atoms with Gasteiger partial charge in [-0.1, -0.05) is 24.3 Å². The number of hydrogen-bond donors (Lipinski definition) is 2. The van der Waals surface area contributed by atoms with Crippen molar-refractivity contribution in [2.75, 3.05) is 0 Å². The second kappa shape index (κ2) is 6.33. The fourth-order valence-corrected chi connectivity index (χ4v) is 1.91. The Morgan fingerprint density at radius 2 is 2.22 bits per heavy atom. The van der Waals surface area contributed by atoms with Crippen LogP contribution in [0.2, 0.25) is 0 Å². The van der Waals surface area contributed by atoms with E-state index in [2.05, 4.69) is 27.9 Å². The van der Waals surface area contributed by atoms with Gasteiger partial charge in [-0.25, -0.2) is 4.98 Å². The highest BCUT2D eigenvalue weighted by Crippen LogP contribution is 2.05. The number of imidazole rings is 1. The van der Waals surface area contributed by atoms with Gasteiger partial charge < -0.3 is 15.0 Å². The lowest BCUT2D eigenvalue weighted by Crippen LogP contribution is -2.29. The SMILES string of the molecule is C[C@H](Cn1ccnc1)NCc1cccc(CO)c1. The van der Waals surface area contributed by atoms with Crippen LogP contribution in [0.1, 0.15) is 18.1 Å². The first-order chi connectivity index (χ1) is 8.78. The van der Waals surface area contributed by atoms with E-state index in [-0.39, 0.29) is 6.61 Å². The first-order valence-electron chi connectivity index (χ1n) is 6.15. The van der Waals surface area contributed by atoms with Crippen LogP contribution in [0.15, 0.2) is 43.0 Å². The van der Waals surface area contributed by atoms with E-state index in [0.29, 0.717) is 6.04 Å². The number of nitrogens with zero attached hydrogens (tertiary/aromatic N) is 2. The lowest BCUT2D eigenvalue weighted by molar-refractivity contribution is 0.281. The van der Waals surface area contributed by atoms with Crippen molar-refractivity contribution < 1.29 is 5.11 Å². The third-order valence-corrected chi connectivity index (χ3v) is 2.87. The molecular formula is C14H19N3O. The highest BCUT2D eigenvalue weighted by molar-refractivity contribution is 5.22. The normalized spacial score (nSPS) is 12.6. The lowest BCUT2D eigenvalue weighted by atomic mass is 10.1. The molecule has 2 aromatic rings. The first-order valence-corrected chi connectivity index (χ1v) is 6.15. The van der Waals surface area contributed by atoms with Crippen LogP contribution in [0.3, 0.4) is 0 Å². The van der Waals surface area contributed by atoms with Crippen LogP contribution >= 0.6 is 0 Å². The van der Waals surface area contributed by atoms with E-state index < -0.39 is 0 Å². The average Bonchev–Trinajstić information content (AvgIpc) is 2.89. The van der Waals surface area contributed by atoms with E-state index in [9.17, 15) is 0 Å². The van der Waals surface area contributed by atoms with Crippen molar-refractivity contribution in [2.24, 2.45) is 0 Å². The smallest absolute Gasteiger partial charge is 0.0946 e. The van der Waals surface area contributed by atoms with Gasteiger partial charge in [0.2, 0.25) is 0 Å². The molecule has 2 N–H and O–H groups in total. The summed E-state index contributed by atoms with van der Waals surface area (Å²) in [7, 11) is 0. The summed E-state index contributed by atoms with van der Waals surface area (Å²) in [5.41, 5.74) is 2.15. The Balaban J connectivity index is 1.83. The van der Waals surface area contributed by atoms with E-state index in [1.807, 2.05) is 30.7 Å². The molecular weight excluding hydrogens is 226 g/mol. The second-order valence-corrected chi connectivity index (χ2v) is 4.52. The van der Waals surface area contributed by atoms with E-state index in [1.54, 1.807) is 6.20 Å². The van der Waals surface area contributed by atoms with Crippen molar-refractivity contribution in [1.29, 1.82) is 0 Å². The first kappa shape index (κ1) is 12.8. The van der Waals surface area contributed by atoms with E-state index in [4.69, 9.17) is 5.11 Å². The molecule has 1 heterocycles. The summed E-state index contributed by atoms with van der Waals surface area (Å²) < 4.78 is 2.06. The summed E-state index contributed by atoms with van der Waals surface area (Å²) in [6, 6.07) is 8.37. The number of aromatic nitrogens is 2. The maximum Gasteiger partial charge on any atom is 0.0946 e. The molecule has 2 rings (SSSR count). The fourth-order valence-electron chi connectivity index (χ4n) is 1.91. The Hall–Kier alpha value is -1.65. The van der Waals surface area contributed by atoms with Crippen LogP contribution < -0.4 is 5.32 Å². The van der Waals surface area contributed by atoms with Crippen molar-refractivity contribution >= 4 is 0 Å². The van der Waals surface area contributed by atoms with Gasteiger partial charge in [-0.15, -0.1) is 0 Å². The molecule has 1 atom stereocenters. The number of benzene rings is 1. The Bertz CT molecular complexity index is 468. The zero-order valence-electron chi connectivity index (χ0n) is 10.6. The Kier molecular flexibility index (Phi) is 4.50. The molecule has 4 heteroatoms. The van der Waals surface area contributed by atoms with Crippen LogP contribution in [-0.4, -0.2) is 20.7 Å². The molecule has 0 saturated heterocycles. The predicted molar refractivity (Wildman–Crippen MR) is 70.9 cm³/mol. The van der Waals surface area contributed by atoms with Gasteiger partial charge in [-0.2, -0.15) is 0 Å². The molecule has 96 valence electrons. The largest absolute Gasteiger partial charge is 0.392 e. The minimum Gasteiger partial charge on any atom is -0.392 e. The third-order valence-electron chi connectivity index (χ3n) is 2.87. The van der Waals surface area contributed by atoms with Gasteiger partial charge in [0.1, 0.15) is 0 Å². The summed E-state index contributed by atoms with van der Waals surface area (Å²) >= 11 is 0. The van der Waals surface area contributed by atoms with Crippen molar-refractivity contribution in [3.63, 3.8) is 0 Å². The fraction of sp³-hybridized carbons (Fsp3) is 0.357. The van der Waals surface area contributed by atoms with Crippen LogP contribution in [0.5, 0.6) is 0 Å². The summed E-state index contributed by atoms with van der Waals surface area (Å²) in [6.07, 6.45) is 5.58. The van der Waals surface area contributed by atoms with Gasteiger partial charge in [0.25, 0.3) is 0 Å². The summed E-state index contributed by atoms with van der Waals surface area (Å²) in [5, 5.41) is 12.5. The van der Waals surface area contributed by atoms with E-state index >= 15 is 0 Å². The molecule has 0 aliphatic heterocycles. The van der Waals surface area contributed by atoms with Crippen molar-refractivity contribution in [3.05, 3.63) is 54.1 Å². The maximum atomic E-state index is 9.08. The quantitative estimate of drug-likeness (QED) is 0.812.